The Hall–Kier alpha value is -2.87. The highest BCUT2D eigenvalue weighted by Gasteiger charge is 2.24. The summed E-state index contributed by atoms with van der Waals surface area (Å²) in [6, 6.07) is 6.61. The van der Waals surface area contributed by atoms with E-state index in [4.69, 9.17) is 4.74 Å². The SMILES string of the molecule is CCNS(=O)(=O)Nc1cc(CN2CCN(c3ccc(C(=O)NC4COC4)nc3F)CC2)ccn1. The molecular weight excluding hydrogens is 465 g/mol. The molecule has 0 radical (unpaired) electrons. The van der Waals surface area contributed by atoms with Gasteiger partial charge in [0.25, 0.3) is 16.1 Å². The van der Waals surface area contributed by atoms with E-state index in [1.54, 1.807) is 25.3 Å². The van der Waals surface area contributed by atoms with E-state index >= 15 is 0 Å². The fourth-order valence-corrected chi connectivity index (χ4v) is 4.60. The van der Waals surface area contributed by atoms with Gasteiger partial charge in [0.1, 0.15) is 11.5 Å². The van der Waals surface area contributed by atoms with Gasteiger partial charge in [0.05, 0.1) is 24.9 Å². The van der Waals surface area contributed by atoms with Crippen LogP contribution in [0.4, 0.5) is 15.9 Å². The van der Waals surface area contributed by atoms with E-state index in [1.807, 2.05) is 11.0 Å². The second kappa shape index (κ2) is 10.6. The zero-order chi connectivity index (χ0) is 24.1. The highest BCUT2D eigenvalue weighted by Crippen LogP contribution is 2.21. The van der Waals surface area contributed by atoms with Gasteiger partial charge >= 0.3 is 0 Å². The first-order valence-electron chi connectivity index (χ1n) is 11.1. The molecule has 34 heavy (non-hydrogen) atoms. The molecule has 184 valence electrons. The molecule has 13 heteroatoms. The molecule has 3 N–H and O–H groups in total. The molecule has 0 unspecified atom stereocenters. The van der Waals surface area contributed by atoms with Crippen molar-refractivity contribution < 1.29 is 22.3 Å². The number of carbonyl (C=O) groups is 1. The van der Waals surface area contributed by atoms with Gasteiger partial charge in [-0.15, -0.1) is 0 Å². The number of nitrogens with zero attached hydrogens (tertiary/aromatic N) is 4. The van der Waals surface area contributed by atoms with Crippen molar-refractivity contribution in [1.82, 2.24) is 24.9 Å². The van der Waals surface area contributed by atoms with Crippen molar-refractivity contribution in [2.75, 3.05) is 55.6 Å². The molecule has 11 nitrogen and oxygen atoms in total. The molecule has 2 aromatic heterocycles. The van der Waals surface area contributed by atoms with Crippen LogP contribution >= 0.6 is 0 Å². The summed E-state index contributed by atoms with van der Waals surface area (Å²) in [7, 11) is -3.64. The summed E-state index contributed by atoms with van der Waals surface area (Å²) < 4.78 is 48.2. The Balaban J connectivity index is 1.31. The predicted octanol–water partition coefficient (Wildman–Crippen LogP) is 0.333. The number of rotatable bonds is 9. The molecule has 4 rings (SSSR count). The first-order valence-corrected chi connectivity index (χ1v) is 12.6. The van der Waals surface area contributed by atoms with Gasteiger partial charge in [0.15, 0.2) is 0 Å². The molecule has 2 aliphatic rings. The quantitative estimate of drug-likeness (QED) is 0.427. The maximum atomic E-state index is 14.7. The average Bonchev–Trinajstić information content (AvgIpc) is 2.76. The van der Waals surface area contributed by atoms with Gasteiger partial charge in [0.2, 0.25) is 5.95 Å². The van der Waals surface area contributed by atoms with Gasteiger partial charge < -0.3 is 15.0 Å². The standard InChI is InChI=1S/C21H28FN7O4S/c1-2-24-34(31,32)27-19-11-15(5-6-23-19)12-28-7-9-29(10-8-28)18-4-3-17(26-20(18)22)21(30)25-16-13-33-14-16/h3-6,11,16,24H,2,7-10,12-14H2,1H3,(H,23,27)(H,25,30). The topological polar surface area (TPSA) is 129 Å². The molecule has 4 heterocycles. The fourth-order valence-electron chi connectivity index (χ4n) is 3.76. The Bertz CT molecular complexity index is 1120. The van der Waals surface area contributed by atoms with Gasteiger partial charge in [-0.1, -0.05) is 6.92 Å². The minimum atomic E-state index is -3.64. The van der Waals surface area contributed by atoms with Gasteiger partial charge in [-0.25, -0.2) is 9.97 Å². The second-order valence-electron chi connectivity index (χ2n) is 8.13. The Kier molecular flexibility index (Phi) is 7.56. The van der Waals surface area contributed by atoms with E-state index in [1.165, 1.54) is 6.07 Å². The summed E-state index contributed by atoms with van der Waals surface area (Å²) in [5.41, 5.74) is 1.33. The van der Waals surface area contributed by atoms with Gasteiger partial charge in [-0.05, 0) is 29.8 Å². The van der Waals surface area contributed by atoms with Crippen molar-refractivity contribution in [3.05, 3.63) is 47.7 Å². The van der Waals surface area contributed by atoms with Gasteiger partial charge in [0, 0.05) is 45.5 Å². The van der Waals surface area contributed by atoms with Crippen molar-refractivity contribution >= 4 is 27.6 Å². The normalized spacial score (nSPS) is 17.3. The van der Waals surface area contributed by atoms with Crippen molar-refractivity contribution in [2.24, 2.45) is 0 Å². The van der Waals surface area contributed by atoms with Crippen molar-refractivity contribution in [2.45, 2.75) is 19.5 Å². The fraction of sp³-hybridized carbons (Fsp3) is 0.476. The summed E-state index contributed by atoms with van der Waals surface area (Å²) in [6.45, 7) is 6.06. The highest BCUT2D eigenvalue weighted by atomic mass is 32.2. The maximum absolute atomic E-state index is 14.7. The molecule has 0 spiro atoms. The molecular formula is C21H28FN7O4S. The molecule has 0 saturated carbocycles. The summed E-state index contributed by atoms with van der Waals surface area (Å²) >= 11 is 0. The molecule has 0 bridgehead atoms. The van der Waals surface area contributed by atoms with Gasteiger partial charge in [-0.2, -0.15) is 17.5 Å². The van der Waals surface area contributed by atoms with Crippen molar-refractivity contribution in [3.8, 4) is 0 Å². The number of carbonyl (C=O) groups excluding carboxylic acids is 1. The first-order chi connectivity index (χ1) is 16.3. The number of anilines is 2. The number of hydrogen-bond acceptors (Lipinski definition) is 8. The number of aromatic nitrogens is 2. The molecule has 2 aromatic rings. The zero-order valence-electron chi connectivity index (χ0n) is 18.8. The van der Waals surface area contributed by atoms with E-state index in [9.17, 15) is 17.6 Å². The molecule has 2 saturated heterocycles. The van der Waals surface area contributed by atoms with E-state index in [-0.39, 0.29) is 24.1 Å². The van der Waals surface area contributed by atoms with Crippen LogP contribution < -0.4 is 19.7 Å². The van der Waals surface area contributed by atoms with Crippen LogP contribution in [0.25, 0.3) is 0 Å². The molecule has 0 aromatic carbocycles. The lowest BCUT2D eigenvalue weighted by molar-refractivity contribution is -0.00356. The summed E-state index contributed by atoms with van der Waals surface area (Å²) in [5.74, 6) is -0.829. The number of halogens is 1. The number of pyridine rings is 2. The Morgan fingerprint density at radius 3 is 2.62 bits per heavy atom. The number of amides is 1. The lowest BCUT2D eigenvalue weighted by Gasteiger charge is -2.36. The van der Waals surface area contributed by atoms with Crippen LogP contribution in [0.5, 0.6) is 0 Å². The molecule has 0 atom stereocenters. The van der Waals surface area contributed by atoms with Crippen LogP contribution in [0.1, 0.15) is 23.0 Å². The number of piperazine rings is 1. The second-order valence-corrected chi connectivity index (χ2v) is 9.63. The average molecular weight is 494 g/mol. The molecule has 2 fully saturated rings. The lowest BCUT2D eigenvalue weighted by Crippen LogP contribution is -2.48. The largest absolute Gasteiger partial charge is 0.377 e. The van der Waals surface area contributed by atoms with Crippen LogP contribution in [-0.2, 0) is 21.5 Å². The third-order valence-corrected chi connectivity index (χ3v) is 6.70. The van der Waals surface area contributed by atoms with Crippen molar-refractivity contribution in [1.29, 1.82) is 0 Å². The zero-order valence-corrected chi connectivity index (χ0v) is 19.6. The smallest absolute Gasteiger partial charge is 0.300 e. The van der Waals surface area contributed by atoms with E-state index in [0.717, 1.165) is 5.56 Å². The highest BCUT2D eigenvalue weighted by molar-refractivity contribution is 7.90. The molecule has 1 amide bonds. The third-order valence-electron chi connectivity index (χ3n) is 5.55. The van der Waals surface area contributed by atoms with Crippen molar-refractivity contribution in [3.63, 3.8) is 0 Å². The first kappa shape index (κ1) is 24.3. The van der Waals surface area contributed by atoms with Crippen LogP contribution in [0, 0.1) is 5.95 Å². The number of ether oxygens (including phenoxy) is 1. The van der Waals surface area contributed by atoms with E-state index in [2.05, 4.69) is 29.6 Å². The third kappa shape index (κ3) is 6.17. The predicted molar refractivity (Wildman–Crippen MR) is 124 cm³/mol. The Labute approximate surface area is 197 Å². The number of nitrogens with one attached hydrogen (secondary N) is 3. The maximum Gasteiger partial charge on any atom is 0.300 e. The lowest BCUT2D eigenvalue weighted by atomic mass is 10.2. The van der Waals surface area contributed by atoms with E-state index in [0.29, 0.717) is 51.6 Å². The van der Waals surface area contributed by atoms with Crippen LogP contribution in [0.3, 0.4) is 0 Å². The van der Waals surface area contributed by atoms with Crippen LogP contribution in [0.15, 0.2) is 30.5 Å². The van der Waals surface area contributed by atoms with Crippen LogP contribution in [0.2, 0.25) is 0 Å². The van der Waals surface area contributed by atoms with Gasteiger partial charge in [-0.3, -0.25) is 14.4 Å². The molecule has 0 aliphatic carbocycles. The minimum Gasteiger partial charge on any atom is -0.377 e. The Morgan fingerprint density at radius 2 is 1.97 bits per heavy atom. The van der Waals surface area contributed by atoms with E-state index < -0.39 is 22.1 Å². The summed E-state index contributed by atoms with van der Waals surface area (Å²) in [5, 5.41) is 2.75. The van der Waals surface area contributed by atoms with Crippen LogP contribution in [-0.4, -0.2) is 81.2 Å². The minimum absolute atomic E-state index is 0.0463. The number of hydrogen-bond donors (Lipinski definition) is 3. The Morgan fingerprint density at radius 1 is 1.21 bits per heavy atom. The molecule has 2 aliphatic heterocycles. The summed E-state index contributed by atoms with van der Waals surface area (Å²) in [6.07, 6.45) is 1.56. The summed E-state index contributed by atoms with van der Waals surface area (Å²) in [4.78, 5) is 24.2. The monoisotopic (exact) mass is 493 g/mol.